The minimum Gasteiger partial charge on any atom is -0.352 e. The Morgan fingerprint density at radius 2 is 1.79 bits per heavy atom. The summed E-state index contributed by atoms with van der Waals surface area (Å²) in [5, 5.41) is 4.77. The third-order valence-electron chi connectivity index (χ3n) is 4.96. The molecule has 1 aromatic heterocycles. The number of benzene rings is 1. The van der Waals surface area contributed by atoms with Gasteiger partial charge >= 0.3 is 0 Å². The Morgan fingerprint density at radius 3 is 2.36 bits per heavy atom. The number of sulfonamides is 1. The molecule has 0 bridgehead atoms. The Balaban J connectivity index is 1.48. The summed E-state index contributed by atoms with van der Waals surface area (Å²) in [4.78, 5) is 13.9. The van der Waals surface area contributed by atoms with E-state index in [2.05, 4.69) is 43.7 Å². The molecule has 8 heteroatoms. The fraction of sp³-hybridized carbons (Fsp3) is 0.450. The number of nitrogens with zero attached hydrogens (tertiary/aromatic N) is 1. The summed E-state index contributed by atoms with van der Waals surface area (Å²) < 4.78 is 27.0. The van der Waals surface area contributed by atoms with E-state index in [1.165, 1.54) is 26.1 Å². The van der Waals surface area contributed by atoms with Crippen LogP contribution >= 0.6 is 11.3 Å². The average molecular weight is 423 g/mol. The van der Waals surface area contributed by atoms with Gasteiger partial charge in [-0.1, -0.05) is 30.3 Å². The molecule has 1 aromatic carbocycles. The molecule has 0 saturated carbocycles. The van der Waals surface area contributed by atoms with Crippen molar-refractivity contribution in [3.8, 4) is 0 Å². The van der Waals surface area contributed by atoms with E-state index in [9.17, 15) is 13.2 Å². The molecule has 3 rings (SSSR count). The first kappa shape index (κ1) is 21.0. The summed E-state index contributed by atoms with van der Waals surface area (Å²) in [7, 11) is 0.815. The zero-order valence-corrected chi connectivity index (χ0v) is 18.0. The maximum absolute atomic E-state index is 12.6. The van der Waals surface area contributed by atoms with Crippen LogP contribution in [0.3, 0.4) is 0 Å². The van der Waals surface area contributed by atoms with Gasteiger partial charge in [0.1, 0.15) is 10.8 Å². The van der Waals surface area contributed by atoms with E-state index in [1.807, 2.05) is 0 Å². The molecule has 2 N–H and O–H groups in total. The first-order valence-electron chi connectivity index (χ1n) is 9.54. The van der Waals surface area contributed by atoms with E-state index < -0.39 is 10.0 Å². The summed E-state index contributed by atoms with van der Waals surface area (Å²) in [6, 6.07) is 11.7. The largest absolute Gasteiger partial charge is 0.352 e. The summed E-state index contributed by atoms with van der Waals surface area (Å²) >= 11 is 1.23. The highest BCUT2D eigenvalue weighted by Gasteiger charge is 2.32. The number of hydrogen-bond acceptors (Lipinski definition) is 4. The van der Waals surface area contributed by atoms with Gasteiger partial charge in [-0.15, -0.1) is 11.3 Å². The second-order valence-electron chi connectivity index (χ2n) is 7.53. The molecule has 28 heavy (non-hydrogen) atoms. The highest BCUT2D eigenvalue weighted by atomic mass is 32.2. The zero-order valence-electron chi connectivity index (χ0n) is 16.3. The molecule has 6 nitrogen and oxygen atoms in total. The molecule has 0 spiro atoms. The van der Waals surface area contributed by atoms with E-state index in [0.29, 0.717) is 36.7 Å². The highest BCUT2D eigenvalue weighted by molar-refractivity contribution is 7.91. The number of carbonyl (C=O) groups excluding carboxylic acids is 1. The van der Waals surface area contributed by atoms with E-state index in [-0.39, 0.29) is 11.8 Å². The standard InChI is InChI=1S/C20H27N3O3S2/c1-22(2)15-17-7-5-16(6-8-17)14-21-20(24)18-9-11-23(12-10-18)28(25,26)19-4-3-13-27-19/h3-8,13,18H,9-12,14-15H2,1-2H3,(H,21,24)/p+1. The molecule has 0 radical (unpaired) electrons. The van der Waals surface area contributed by atoms with Gasteiger partial charge in [0.15, 0.2) is 0 Å². The predicted octanol–water partition coefficient (Wildman–Crippen LogP) is 1.11. The van der Waals surface area contributed by atoms with Crippen molar-refractivity contribution in [3.05, 3.63) is 52.9 Å². The summed E-state index contributed by atoms with van der Waals surface area (Å²) in [5.41, 5.74) is 2.35. The molecule has 0 atom stereocenters. The molecule has 1 amide bonds. The van der Waals surface area contributed by atoms with Crippen molar-refractivity contribution in [3.63, 3.8) is 0 Å². The van der Waals surface area contributed by atoms with Crippen molar-refractivity contribution in [1.29, 1.82) is 0 Å². The number of amides is 1. The molecular formula is C20H28N3O3S2+. The number of hydrogen-bond donors (Lipinski definition) is 2. The smallest absolute Gasteiger partial charge is 0.252 e. The number of thiophene rings is 1. The van der Waals surface area contributed by atoms with Gasteiger partial charge in [-0.2, -0.15) is 4.31 Å². The second kappa shape index (κ2) is 9.17. The van der Waals surface area contributed by atoms with Crippen molar-refractivity contribution < 1.29 is 18.1 Å². The van der Waals surface area contributed by atoms with Gasteiger partial charge in [0.25, 0.3) is 10.0 Å². The molecule has 0 unspecified atom stereocenters. The fourth-order valence-electron chi connectivity index (χ4n) is 3.41. The number of piperidine rings is 1. The normalized spacial score (nSPS) is 16.4. The van der Waals surface area contributed by atoms with Crippen LogP contribution in [0.1, 0.15) is 24.0 Å². The Morgan fingerprint density at radius 1 is 1.14 bits per heavy atom. The van der Waals surface area contributed by atoms with Gasteiger partial charge in [-0.05, 0) is 29.9 Å². The Hall–Kier alpha value is -1.74. The van der Waals surface area contributed by atoms with Crippen molar-refractivity contribution in [2.75, 3.05) is 27.2 Å². The molecule has 2 aromatic rings. The lowest BCUT2D eigenvalue weighted by molar-refractivity contribution is -0.872. The van der Waals surface area contributed by atoms with Gasteiger partial charge < -0.3 is 10.2 Å². The minimum absolute atomic E-state index is 0.00924. The molecular weight excluding hydrogens is 394 g/mol. The minimum atomic E-state index is -3.42. The molecule has 2 heterocycles. The van der Waals surface area contributed by atoms with E-state index >= 15 is 0 Å². The average Bonchev–Trinajstić information content (AvgIpc) is 3.22. The maximum Gasteiger partial charge on any atom is 0.252 e. The monoisotopic (exact) mass is 422 g/mol. The van der Waals surface area contributed by atoms with Crippen LogP contribution in [0.25, 0.3) is 0 Å². The molecule has 1 aliphatic rings. The molecule has 0 aliphatic carbocycles. The van der Waals surface area contributed by atoms with Crippen LogP contribution in [0, 0.1) is 5.92 Å². The Labute approximate surface area is 171 Å². The van der Waals surface area contributed by atoms with Crippen LogP contribution < -0.4 is 10.2 Å². The summed E-state index contributed by atoms with van der Waals surface area (Å²) in [6.45, 7) is 2.25. The number of quaternary nitrogens is 1. The van der Waals surface area contributed by atoms with Crippen LogP contribution in [0.2, 0.25) is 0 Å². The quantitative estimate of drug-likeness (QED) is 0.702. The van der Waals surface area contributed by atoms with Gasteiger partial charge in [0, 0.05) is 31.1 Å². The van der Waals surface area contributed by atoms with Crippen molar-refractivity contribution >= 4 is 27.3 Å². The lowest BCUT2D eigenvalue weighted by atomic mass is 9.97. The molecule has 152 valence electrons. The van der Waals surface area contributed by atoms with E-state index in [0.717, 1.165) is 12.1 Å². The highest BCUT2D eigenvalue weighted by Crippen LogP contribution is 2.26. The van der Waals surface area contributed by atoms with Crippen molar-refractivity contribution in [2.24, 2.45) is 5.92 Å². The third-order valence-corrected chi connectivity index (χ3v) is 8.23. The summed E-state index contributed by atoms with van der Waals surface area (Å²) in [6.07, 6.45) is 1.11. The van der Waals surface area contributed by atoms with Crippen LogP contribution in [-0.2, 0) is 27.9 Å². The second-order valence-corrected chi connectivity index (χ2v) is 10.6. The zero-order chi connectivity index (χ0) is 20.1. The van der Waals surface area contributed by atoms with E-state index in [1.54, 1.807) is 17.5 Å². The first-order chi connectivity index (χ1) is 13.4. The van der Waals surface area contributed by atoms with Crippen LogP contribution in [0.5, 0.6) is 0 Å². The maximum atomic E-state index is 12.6. The lowest BCUT2D eigenvalue weighted by Gasteiger charge is -2.30. The van der Waals surface area contributed by atoms with Gasteiger partial charge in [-0.25, -0.2) is 8.42 Å². The number of rotatable bonds is 7. The van der Waals surface area contributed by atoms with Crippen LogP contribution in [0.4, 0.5) is 0 Å². The lowest BCUT2D eigenvalue weighted by Crippen LogP contribution is -3.04. The van der Waals surface area contributed by atoms with Crippen LogP contribution in [-0.4, -0.2) is 45.8 Å². The Bertz CT molecular complexity index is 870. The number of carbonyl (C=O) groups is 1. The molecule has 1 aliphatic heterocycles. The topological polar surface area (TPSA) is 70.9 Å². The first-order valence-corrected chi connectivity index (χ1v) is 11.9. The van der Waals surface area contributed by atoms with Crippen molar-refractivity contribution in [1.82, 2.24) is 9.62 Å². The van der Waals surface area contributed by atoms with Gasteiger partial charge in [0.05, 0.1) is 14.1 Å². The van der Waals surface area contributed by atoms with Crippen LogP contribution in [0.15, 0.2) is 46.0 Å². The predicted molar refractivity (Wildman–Crippen MR) is 111 cm³/mol. The van der Waals surface area contributed by atoms with E-state index in [4.69, 9.17) is 0 Å². The third kappa shape index (κ3) is 5.20. The van der Waals surface area contributed by atoms with Gasteiger partial charge in [-0.3, -0.25) is 4.79 Å². The SMILES string of the molecule is C[NH+](C)Cc1ccc(CNC(=O)C2CCN(S(=O)(=O)c3cccs3)CC2)cc1. The fourth-order valence-corrected chi connectivity index (χ4v) is 6.03. The molecule has 1 fully saturated rings. The summed E-state index contributed by atoms with van der Waals surface area (Å²) in [5.74, 6) is -0.124. The number of nitrogens with one attached hydrogen (secondary N) is 2. The van der Waals surface area contributed by atoms with Gasteiger partial charge in [0.2, 0.25) is 5.91 Å². The molecule has 1 saturated heterocycles. The van der Waals surface area contributed by atoms with Crippen molar-refractivity contribution in [2.45, 2.75) is 30.1 Å². The Kier molecular flexibility index (Phi) is 6.87.